The zero-order valence-electron chi connectivity index (χ0n) is 18.7. The van der Waals surface area contributed by atoms with E-state index in [0.717, 1.165) is 22.3 Å². The first-order valence-electron chi connectivity index (χ1n) is 10.8. The number of hydrogen-bond acceptors (Lipinski definition) is 6. The van der Waals surface area contributed by atoms with Crippen LogP contribution in [0.25, 0.3) is 11.1 Å². The van der Waals surface area contributed by atoms with E-state index in [2.05, 4.69) is 0 Å². The van der Waals surface area contributed by atoms with Gasteiger partial charge in [0.05, 0.1) is 26.4 Å². The summed E-state index contributed by atoms with van der Waals surface area (Å²) in [7, 11) is -7.92. The van der Waals surface area contributed by atoms with Crippen LogP contribution in [0, 0.1) is 0 Å². The molecule has 0 amide bonds. The van der Waals surface area contributed by atoms with E-state index in [-0.39, 0.29) is 39.3 Å². The van der Waals surface area contributed by atoms with Gasteiger partial charge in [0.15, 0.2) is 4.90 Å². The highest BCUT2D eigenvalue weighted by Crippen LogP contribution is 2.80. The van der Waals surface area contributed by atoms with Gasteiger partial charge in [0.2, 0.25) is 0 Å². The number of hydrogen-bond donors (Lipinski definition) is 0. The third-order valence-corrected chi connectivity index (χ3v) is 12.0. The Morgan fingerprint density at radius 2 is 0.968 bits per heavy atom. The zero-order valence-corrected chi connectivity index (χ0v) is 20.5. The minimum Gasteiger partial charge on any atom is -0.308 e. The zero-order chi connectivity index (χ0) is 22.5. The molecule has 1 aliphatic rings. The Hall–Kier alpha value is -1.26. The average Bonchev–Trinajstić information content (AvgIpc) is 2.90. The molecule has 1 aliphatic carbocycles. The quantitative estimate of drug-likeness (QED) is 0.364. The monoisotopic (exact) mass is 466 g/mol. The maximum atomic E-state index is 14.5. The summed E-state index contributed by atoms with van der Waals surface area (Å²) in [6.45, 7) is 7.63. The molecule has 0 radical (unpaired) electrons. The van der Waals surface area contributed by atoms with E-state index >= 15 is 0 Å². The highest BCUT2D eigenvalue weighted by atomic mass is 31.2. The number of rotatable bonds is 10. The molecule has 0 saturated heterocycles. The summed E-state index contributed by atoms with van der Waals surface area (Å²) in [5, 5.41) is 0. The first kappa shape index (κ1) is 24.4. The first-order valence-corrected chi connectivity index (χ1v) is 13.9. The van der Waals surface area contributed by atoms with Gasteiger partial charge < -0.3 is 18.1 Å². The molecule has 0 unspecified atom stereocenters. The van der Waals surface area contributed by atoms with E-state index in [0.29, 0.717) is 0 Å². The Bertz CT molecular complexity index is 890. The van der Waals surface area contributed by atoms with Crippen LogP contribution in [0.3, 0.4) is 0 Å². The summed E-state index contributed by atoms with van der Waals surface area (Å²) in [6, 6.07) is 15.8. The van der Waals surface area contributed by atoms with Gasteiger partial charge in [-0.2, -0.15) is 0 Å². The molecule has 6 nitrogen and oxygen atoms in total. The largest absolute Gasteiger partial charge is 0.349 e. The summed E-state index contributed by atoms with van der Waals surface area (Å²) in [4.78, 5) is -1.51. The summed E-state index contributed by atoms with van der Waals surface area (Å²) >= 11 is 0. The molecule has 0 heterocycles. The number of fused-ring (bicyclic) bond motifs is 3. The van der Waals surface area contributed by atoms with Gasteiger partial charge in [-0.1, -0.05) is 48.5 Å². The maximum absolute atomic E-state index is 14.5. The van der Waals surface area contributed by atoms with Crippen molar-refractivity contribution >= 4 is 15.2 Å². The lowest BCUT2D eigenvalue weighted by Crippen LogP contribution is -2.37. The third kappa shape index (κ3) is 4.35. The summed E-state index contributed by atoms with van der Waals surface area (Å²) in [5.74, 6) is 0. The molecule has 0 saturated carbocycles. The average molecular weight is 466 g/mol. The maximum Gasteiger partial charge on any atom is 0.349 e. The smallest absolute Gasteiger partial charge is 0.308 e. The lowest BCUT2D eigenvalue weighted by molar-refractivity contribution is 0.176. The first-order chi connectivity index (χ1) is 14.9. The topological polar surface area (TPSA) is 71.1 Å². The minimum atomic E-state index is -3.96. The van der Waals surface area contributed by atoms with Crippen LogP contribution in [0.15, 0.2) is 48.5 Å². The second-order valence-electron chi connectivity index (χ2n) is 7.32. The lowest BCUT2D eigenvalue weighted by Gasteiger charge is -2.42. The van der Waals surface area contributed by atoms with Crippen LogP contribution < -0.4 is 0 Å². The van der Waals surface area contributed by atoms with Crippen molar-refractivity contribution in [2.24, 2.45) is 0 Å². The highest BCUT2D eigenvalue weighted by molar-refractivity contribution is 7.74. The molecule has 8 heteroatoms. The standard InChI is InChI=1S/C23H32O6P2/c1-5-26-30(24,27-6-2)23(31(25,28-7-3)29-8-4)17-19-13-9-11-15-21(19)22-16-12-10-14-20(22)18-23/h9-16H,5-8,17-18H2,1-4H3. The van der Waals surface area contributed by atoms with Gasteiger partial charge in [-0.15, -0.1) is 0 Å². The van der Waals surface area contributed by atoms with Crippen molar-refractivity contribution in [1.29, 1.82) is 0 Å². The van der Waals surface area contributed by atoms with E-state index in [9.17, 15) is 9.13 Å². The predicted octanol–water partition coefficient (Wildman–Crippen LogP) is 6.68. The van der Waals surface area contributed by atoms with E-state index in [1.54, 1.807) is 27.7 Å². The van der Waals surface area contributed by atoms with E-state index in [1.807, 2.05) is 48.5 Å². The van der Waals surface area contributed by atoms with Gasteiger partial charge >= 0.3 is 15.2 Å². The van der Waals surface area contributed by atoms with Gasteiger partial charge in [0.25, 0.3) is 0 Å². The molecular weight excluding hydrogens is 434 g/mol. The van der Waals surface area contributed by atoms with Crippen molar-refractivity contribution in [3.05, 3.63) is 59.7 Å². The summed E-state index contributed by atoms with van der Waals surface area (Å²) in [5.41, 5.74) is 3.84. The molecule has 2 aromatic rings. The molecule has 3 rings (SSSR count). The van der Waals surface area contributed by atoms with E-state index in [4.69, 9.17) is 18.1 Å². The van der Waals surface area contributed by atoms with Crippen LogP contribution in [0.5, 0.6) is 0 Å². The van der Waals surface area contributed by atoms with Crippen LogP contribution in [0.2, 0.25) is 0 Å². The molecule has 31 heavy (non-hydrogen) atoms. The fourth-order valence-electron chi connectivity index (χ4n) is 4.32. The molecule has 0 N–H and O–H groups in total. The van der Waals surface area contributed by atoms with Gasteiger partial charge in [0.1, 0.15) is 0 Å². The Morgan fingerprint density at radius 1 is 0.645 bits per heavy atom. The van der Waals surface area contributed by atoms with Crippen molar-refractivity contribution in [3.63, 3.8) is 0 Å². The van der Waals surface area contributed by atoms with Crippen molar-refractivity contribution in [2.45, 2.75) is 45.4 Å². The second kappa shape index (κ2) is 10.1. The Kier molecular flexibility index (Phi) is 7.96. The van der Waals surface area contributed by atoms with Crippen LogP contribution >= 0.6 is 15.2 Å². The Labute approximate surface area is 185 Å². The van der Waals surface area contributed by atoms with Crippen LogP contribution in [-0.2, 0) is 40.1 Å². The molecule has 0 atom stereocenters. The second-order valence-corrected chi connectivity index (χ2v) is 12.4. The SMILES string of the molecule is CCOP(=O)(OCC)C1(P(=O)(OCC)OCC)Cc2ccccc2-c2ccccc2C1. The predicted molar refractivity (Wildman–Crippen MR) is 124 cm³/mol. The molecule has 0 aromatic heterocycles. The molecule has 0 spiro atoms. The molecule has 0 bridgehead atoms. The van der Waals surface area contributed by atoms with Gasteiger partial charge in [-0.3, -0.25) is 9.13 Å². The van der Waals surface area contributed by atoms with Crippen molar-refractivity contribution in [2.75, 3.05) is 26.4 Å². The Balaban J connectivity index is 2.39. The van der Waals surface area contributed by atoms with Crippen molar-refractivity contribution in [3.8, 4) is 11.1 Å². The molecule has 0 aliphatic heterocycles. The fourth-order valence-corrected chi connectivity index (χ4v) is 10.1. The molecule has 2 aromatic carbocycles. The van der Waals surface area contributed by atoms with Crippen LogP contribution in [0.4, 0.5) is 0 Å². The van der Waals surface area contributed by atoms with Gasteiger partial charge in [-0.05, 0) is 49.9 Å². The lowest BCUT2D eigenvalue weighted by atomic mass is 9.97. The van der Waals surface area contributed by atoms with Gasteiger partial charge in [-0.25, -0.2) is 0 Å². The summed E-state index contributed by atoms with van der Waals surface area (Å²) in [6.07, 6.45) is 0.374. The fraction of sp³-hybridized carbons (Fsp3) is 0.478. The van der Waals surface area contributed by atoms with Crippen LogP contribution in [-0.4, -0.2) is 31.3 Å². The van der Waals surface area contributed by atoms with E-state index < -0.39 is 20.1 Å². The van der Waals surface area contributed by atoms with E-state index in [1.165, 1.54) is 0 Å². The molecule has 170 valence electrons. The normalized spacial score (nSPS) is 15.7. The molecule has 0 fully saturated rings. The van der Waals surface area contributed by atoms with Crippen LogP contribution in [0.1, 0.15) is 38.8 Å². The van der Waals surface area contributed by atoms with Crippen molar-refractivity contribution in [1.82, 2.24) is 0 Å². The highest BCUT2D eigenvalue weighted by Gasteiger charge is 2.65. The van der Waals surface area contributed by atoms with Crippen molar-refractivity contribution < 1.29 is 27.2 Å². The Morgan fingerprint density at radius 3 is 1.29 bits per heavy atom. The number of benzene rings is 2. The third-order valence-electron chi connectivity index (χ3n) is 5.49. The van der Waals surface area contributed by atoms with Gasteiger partial charge in [0, 0.05) is 12.8 Å². The molecular formula is C23H32O6P2. The summed E-state index contributed by atoms with van der Waals surface area (Å²) < 4.78 is 52.3. The minimum absolute atomic E-state index is 0.153.